The summed E-state index contributed by atoms with van der Waals surface area (Å²) in [6.07, 6.45) is 3.57. The van der Waals surface area contributed by atoms with E-state index in [2.05, 4.69) is 15.2 Å². The highest BCUT2D eigenvalue weighted by Crippen LogP contribution is 2.31. The Balaban J connectivity index is 1.96. The number of nitrogens with two attached hydrogens (primary N) is 1. The number of anilines is 1. The molecule has 108 valence electrons. The van der Waals surface area contributed by atoms with Crippen molar-refractivity contribution in [1.82, 2.24) is 19.9 Å². The maximum atomic E-state index is 5.73. The standard InChI is InChI=1S/C15H17N5O/c1-15(2,11-4-6-12(16)7-5-11)14-18-13(19-21-14)10-8-17-20(3)9-10/h4-9H,16H2,1-3H3. The van der Waals surface area contributed by atoms with Crippen LogP contribution in [0, 0.1) is 0 Å². The van der Waals surface area contributed by atoms with Gasteiger partial charge in [-0.2, -0.15) is 10.1 Å². The first-order valence-electron chi connectivity index (χ1n) is 6.66. The molecule has 2 N–H and O–H groups in total. The molecule has 0 bridgehead atoms. The Kier molecular flexibility index (Phi) is 3.01. The van der Waals surface area contributed by atoms with Gasteiger partial charge in [-0.3, -0.25) is 4.68 Å². The molecule has 0 aliphatic heterocycles. The smallest absolute Gasteiger partial charge is 0.237 e. The zero-order valence-corrected chi connectivity index (χ0v) is 12.2. The Morgan fingerprint density at radius 2 is 1.90 bits per heavy atom. The third kappa shape index (κ3) is 2.40. The number of nitrogen functional groups attached to an aromatic ring is 1. The largest absolute Gasteiger partial charge is 0.399 e. The minimum atomic E-state index is -0.388. The number of aromatic nitrogens is 4. The Bertz CT molecular complexity index is 754. The van der Waals surface area contributed by atoms with Gasteiger partial charge in [-0.05, 0) is 31.5 Å². The number of rotatable bonds is 3. The Morgan fingerprint density at radius 1 is 1.19 bits per heavy atom. The van der Waals surface area contributed by atoms with Gasteiger partial charge in [-0.25, -0.2) is 0 Å². The van der Waals surface area contributed by atoms with E-state index in [-0.39, 0.29) is 5.41 Å². The molecule has 2 aromatic heterocycles. The molecule has 0 amide bonds. The zero-order valence-electron chi connectivity index (χ0n) is 12.2. The van der Waals surface area contributed by atoms with Gasteiger partial charge in [0.2, 0.25) is 11.7 Å². The van der Waals surface area contributed by atoms with Gasteiger partial charge in [0.1, 0.15) is 0 Å². The Hall–Kier alpha value is -2.63. The molecule has 1 aromatic carbocycles. The lowest BCUT2D eigenvalue weighted by Crippen LogP contribution is -2.19. The Morgan fingerprint density at radius 3 is 2.52 bits per heavy atom. The molecule has 0 aliphatic rings. The molecule has 0 saturated carbocycles. The predicted octanol–water partition coefficient (Wildman–Crippen LogP) is 2.38. The summed E-state index contributed by atoms with van der Waals surface area (Å²) in [6, 6.07) is 7.69. The Labute approximate surface area is 122 Å². The molecule has 0 radical (unpaired) electrons. The number of benzene rings is 1. The summed E-state index contributed by atoms with van der Waals surface area (Å²) >= 11 is 0. The van der Waals surface area contributed by atoms with Crippen LogP contribution < -0.4 is 5.73 Å². The first-order valence-corrected chi connectivity index (χ1v) is 6.66. The third-order valence-corrected chi connectivity index (χ3v) is 3.56. The van der Waals surface area contributed by atoms with Gasteiger partial charge in [0, 0.05) is 18.9 Å². The molecule has 21 heavy (non-hydrogen) atoms. The minimum Gasteiger partial charge on any atom is -0.399 e. The highest BCUT2D eigenvalue weighted by atomic mass is 16.5. The van der Waals surface area contributed by atoms with Gasteiger partial charge in [-0.1, -0.05) is 17.3 Å². The van der Waals surface area contributed by atoms with E-state index in [9.17, 15) is 0 Å². The molecule has 0 atom stereocenters. The van der Waals surface area contributed by atoms with Crippen LogP contribution in [0.3, 0.4) is 0 Å². The van der Waals surface area contributed by atoms with Gasteiger partial charge in [-0.15, -0.1) is 0 Å². The van der Waals surface area contributed by atoms with Crippen molar-refractivity contribution in [1.29, 1.82) is 0 Å². The highest BCUT2D eigenvalue weighted by molar-refractivity contribution is 5.51. The van der Waals surface area contributed by atoms with Crippen LogP contribution in [0.4, 0.5) is 5.69 Å². The van der Waals surface area contributed by atoms with E-state index in [0.717, 1.165) is 16.8 Å². The molecule has 0 fully saturated rings. The monoisotopic (exact) mass is 283 g/mol. The van der Waals surface area contributed by atoms with Crippen LogP contribution in [0.15, 0.2) is 41.2 Å². The van der Waals surface area contributed by atoms with Crippen LogP contribution in [0.5, 0.6) is 0 Å². The molecular weight excluding hydrogens is 266 g/mol. The summed E-state index contributed by atoms with van der Waals surface area (Å²) < 4.78 is 7.15. The lowest BCUT2D eigenvalue weighted by Gasteiger charge is -2.20. The number of hydrogen-bond donors (Lipinski definition) is 1. The fourth-order valence-corrected chi connectivity index (χ4v) is 2.15. The van der Waals surface area contributed by atoms with Crippen LogP contribution in [0.1, 0.15) is 25.3 Å². The van der Waals surface area contributed by atoms with Crippen molar-refractivity contribution in [2.24, 2.45) is 7.05 Å². The molecular formula is C15H17N5O. The molecule has 0 aliphatic carbocycles. The van der Waals surface area contributed by atoms with E-state index in [1.807, 2.05) is 51.4 Å². The average molecular weight is 283 g/mol. The lowest BCUT2D eigenvalue weighted by molar-refractivity contribution is 0.333. The molecule has 0 unspecified atom stereocenters. The van der Waals surface area contributed by atoms with Crippen LogP contribution in [-0.4, -0.2) is 19.9 Å². The van der Waals surface area contributed by atoms with Gasteiger partial charge in [0.15, 0.2) is 0 Å². The maximum Gasteiger partial charge on any atom is 0.237 e. The summed E-state index contributed by atoms with van der Waals surface area (Å²) in [5, 5.41) is 8.16. The van der Waals surface area contributed by atoms with E-state index in [1.54, 1.807) is 10.9 Å². The normalized spacial score (nSPS) is 11.8. The number of aryl methyl sites for hydroxylation is 1. The number of nitrogens with zero attached hydrogens (tertiary/aromatic N) is 4. The van der Waals surface area contributed by atoms with Crippen LogP contribution >= 0.6 is 0 Å². The van der Waals surface area contributed by atoms with E-state index in [4.69, 9.17) is 10.3 Å². The van der Waals surface area contributed by atoms with Crippen molar-refractivity contribution >= 4 is 5.69 Å². The maximum absolute atomic E-state index is 5.73. The summed E-state index contributed by atoms with van der Waals surface area (Å²) in [7, 11) is 1.85. The second-order valence-electron chi connectivity index (χ2n) is 5.57. The lowest BCUT2D eigenvalue weighted by atomic mass is 9.84. The molecule has 0 spiro atoms. The van der Waals surface area contributed by atoms with Gasteiger partial charge in [0.05, 0.1) is 17.2 Å². The minimum absolute atomic E-state index is 0.388. The average Bonchev–Trinajstić information content (AvgIpc) is 3.08. The summed E-state index contributed by atoms with van der Waals surface area (Å²) in [5.41, 5.74) is 7.98. The molecule has 6 nitrogen and oxygen atoms in total. The molecule has 2 heterocycles. The van der Waals surface area contributed by atoms with E-state index in [0.29, 0.717) is 11.7 Å². The van der Waals surface area contributed by atoms with E-state index >= 15 is 0 Å². The van der Waals surface area contributed by atoms with Crippen LogP contribution in [0.25, 0.3) is 11.4 Å². The summed E-state index contributed by atoms with van der Waals surface area (Å²) in [4.78, 5) is 4.50. The predicted molar refractivity (Wildman–Crippen MR) is 79.5 cm³/mol. The van der Waals surface area contributed by atoms with Crippen LogP contribution in [0.2, 0.25) is 0 Å². The third-order valence-electron chi connectivity index (χ3n) is 3.56. The fourth-order valence-electron chi connectivity index (χ4n) is 2.15. The first kappa shape index (κ1) is 13.4. The fraction of sp³-hybridized carbons (Fsp3) is 0.267. The van der Waals surface area contributed by atoms with Crippen molar-refractivity contribution in [3.05, 3.63) is 48.1 Å². The van der Waals surface area contributed by atoms with E-state index < -0.39 is 0 Å². The van der Waals surface area contributed by atoms with Gasteiger partial charge >= 0.3 is 0 Å². The first-order chi connectivity index (χ1) is 9.96. The van der Waals surface area contributed by atoms with Crippen molar-refractivity contribution in [3.63, 3.8) is 0 Å². The van der Waals surface area contributed by atoms with Crippen molar-refractivity contribution in [2.75, 3.05) is 5.73 Å². The SMILES string of the molecule is Cn1cc(-c2noc(C(C)(C)c3ccc(N)cc3)n2)cn1. The van der Waals surface area contributed by atoms with Crippen LogP contribution in [-0.2, 0) is 12.5 Å². The summed E-state index contributed by atoms with van der Waals surface area (Å²) in [5.74, 6) is 1.10. The summed E-state index contributed by atoms with van der Waals surface area (Å²) in [6.45, 7) is 4.08. The zero-order chi connectivity index (χ0) is 15.0. The second kappa shape index (κ2) is 4.73. The molecule has 3 rings (SSSR count). The van der Waals surface area contributed by atoms with Crippen molar-refractivity contribution < 1.29 is 4.52 Å². The van der Waals surface area contributed by atoms with E-state index in [1.165, 1.54) is 0 Å². The molecule has 3 aromatic rings. The van der Waals surface area contributed by atoms with Gasteiger partial charge < -0.3 is 10.3 Å². The molecule has 0 saturated heterocycles. The molecule has 6 heteroatoms. The second-order valence-corrected chi connectivity index (χ2v) is 5.57. The quantitative estimate of drug-likeness (QED) is 0.746. The number of hydrogen-bond acceptors (Lipinski definition) is 5. The highest BCUT2D eigenvalue weighted by Gasteiger charge is 2.30. The van der Waals surface area contributed by atoms with Crippen molar-refractivity contribution in [3.8, 4) is 11.4 Å². The topological polar surface area (TPSA) is 82.8 Å². The van der Waals surface area contributed by atoms with Crippen molar-refractivity contribution in [2.45, 2.75) is 19.3 Å². The van der Waals surface area contributed by atoms with Gasteiger partial charge in [0.25, 0.3) is 0 Å².